The molecule has 0 aliphatic carbocycles. The van der Waals surface area contributed by atoms with Crippen molar-refractivity contribution in [3.63, 3.8) is 0 Å². The highest BCUT2D eigenvalue weighted by Crippen LogP contribution is 2.38. The number of hydrogen-bond acceptors (Lipinski definition) is 3. The average Bonchev–Trinajstić information content (AvgIpc) is 2.71. The van der Waals surface area contributed by atoms with Crippen molar-refractivity contribution in [3.05, 3.63) is 76.5 Å². The minimum atomic E-state index is -0.480. The normalized spacial score (nSPS) is 10.6. The van der Waals surface area contributed by atoms with Gasteiger partial charge in [0.2, 0.25) is 0 Å². The van der Waals surface area contributed by atoms with E-state index in [1.807, 2.05) is 38.1 Å². The van der Waals surface area contributed by atoms with E-state index in [0.717, 1.165) is 22.3 Å². The molecule has 0 radical (unpaired) electrons. The molecule has 0 saturated carbocycles. The van der Waals surface area contributed by atoms with Crippen LogP contribution in [0.2, 0.25) is 0 Å². The van der Waals surface area contributed by atoms with E-state index in [9.17, 15) is 9.50 Å². The van der Waals surface area contributed by atoms with Crippen molar-refractivity contribution in [3.8, 4) is 39.5 Å². The lowest BCUT2D eigenvalue weighted by Gasteiger charge is -2.16. The summed E-state index contributed by atoms with van der Waals surface area (Å²) in [5.74, 6) is 0.526. The van der Waals surface area contributed by atoms with Crippen LogP contribution in [0.1, 0.15) is 12.5 Å². The molecule has 3 aromatic rings. The molecule has 0 amide bonds. The second kappa shape index (κ2) is 9.88. The number of rotatable bonds is 7. The van der Waals surface area contributed by atoms with Gasteiger partial charge in [-0.05, 0) is 78.6 Å². The van der Waals surface area contributed by atoms with Crippen LogP contribution in [0.4, 0.5) is 4.39 Å². The van der Waals surface area contributed by atoms with Crippen molar-refractivity contribution in [2.45, 2.75) is 13.8 Å². The van der Waals surface area contributed by atoms with E-state index in [2.05, 4.69) is 0 Å². The fraction of sp³-hybridized carbons (Fsp3) is 0.167. The topological polar surface area (TPSA) is 38.7 Å². The molecule has 0 unspecified atom stereocenters. The van der Waals surface area contributed by atoms with Crippen LogP contribution in [-0.2, 0) is 0 Å². The molecular formula is C24H21Cl2FO3. The summed E-state index contributed by atoms with van der Waals surface area (Å²) < 4.78 is 25.8. The summed E-state index contributed by atoms with van der Waals surface area (Å²) in [6.45, 7) is 4.44. The first-order chi connectivity index (χ1) is 14.4. The molecule has 3 aromatic carbocycles. The van der Waals surface area contributed by atoms with Crippen LogP contribution in [0.15, 0.2) is 65.2 Å². The third kappa shape index (κ3) is 5.26. The highest BCUT2D eigenvalue weighted by molar-refractivity contribution is 6.55. The summed E-state index contributed by atoms with van der Waals surface area (Å²) in [7, 11) is 0. The van der Waals surface area contributed by atoms with Crippen molar-refractivity contribution in [2.75, 3.05) is 13.2 Å². The van der Waals surface area contributed by atoms with Gasteiger partial charge in [0.15, 0.2) is 11.6 Å². The summed E-state index contributed by atoms with van der Waals surface area (Å²) >= 11 is 11.1. The Hall–Kier alpha value is -2.69. The first kappa shape index (κ1) is 22.0. The first-order valence-corrected chi connectivity index (χ1v) is 10.2. The molecule has 0 heterocycles. The Morgan fingerprint density at radius 3 is 2.27 bits per heavy atom. The van der Waals surface area contributed by atoms with Crippen LogP contribution < -0.4 is 9.47 Å². The number of ether oxygens (including phenoxy) is 2. The van der Waals surface area contributed by atoms with Gasteiger partial charge in [-0.25, -0.2) is 4.39 Å². The molecule has 0 atom stereocenters. The van der Waals surface area contributed by atoms with Crippen molar-refractivity contribution in [2.24, 2.45) is 0 Å². The van der Waals surface area contributed by atoms with E-state index in [-0.39, 0.29) is 22.6 Å². The molecule has 0 aliphatic heterocycles. The van der Waals surface area contributed by atoms with Gasteiger partial charge < -0.3 is 14.6 Å². The zero-order valence-electron chi connectivity index (χ0n) is 16.6. The third-order valence-corrected chi connectivity index (χ3v) is 4.83. The van der Waals surface area contributed by atoms with Crippen LogP contribution in [0.3, 0.4) is 0 Å². The maximum absolute atomic E-state index is 14.6. The van der Waals surface area contributed by atoms with Gasteiger partial charge in [0, 0.05) is 5.56 Å². The SMILES string of the molecule is CCOc1cc(-c2ccc(OCC=C(Cl)Cl)c(F)c2)c(C)cc1-c1ccc(O)cc1. The quantitative estimate of drug-likeness (QED) is 0.414. The number of halogens is 3. The standard InChI is InChI=1S/C24H21Cl2FO3/c1-3-29-23-14-19(15(2)12-20(23)16-4-7-18(28)8-5-16)17-6-9-22(21(27)13-17)30-11-10-24(25)26/h4-10,12-14,28H,3,11H2,1-2H3. The average molecular weight is 447 g/mol. The highest BCUT2D eigenvalue weighted by Gasteiger charge is 2.14. The molecule has 156 valence electrons. The van der Waals surface area contributed by atoms with Gasteiger partial charge in [0.1, 0.15) is 22.6 Å². The van der Waals surface area contributed by atoms with Crippen LogP contribution in [0.5, 0.6) is 17.2 Å². The largest absolute Gasteiger partial charge is 0.508 e. The highest BCUT2D eigenvalue weighted by atomic mass is 35.5. The summed E-state index contributed by atoms with van der Waals surface area (Å²) in [5, 5.41) is 9.56. The predicted molar refractivity (Wildman–Crippen MR) is 120 cm³/mol. The van der Waals surface area contributed by atoms with Gasteiger partial charge in [0.05, 0.1) is 6.61 Å². The van der Waals surface area contributed by atoms with Gasteiger partial charge >= 0.3 is 0 Å². The van der Waals surface area contributed by atoms with Crippen molar-refractivity contribution in [1.82, 2.24) is 0 Å². The molecule has 0 aromatic heterocycles. The zero-order chi connectivity index (χ0) is 21.7. The minimum absolute atomic E-state index is 0.0693. The van der Waals surface area contributed by atoms with Gasteiger partial charge in [-0.15, -0.1) is 0 Å². The Kier molecular flexibility index (Phi) is 7.24. The second-order valence-electron chi connectivity index (χ2n) is 6.59. The molecule has 0 spiro atoms. The first-order valence-electron chi connectivity index (χ1n) is 9.39. The molecular weight excluding hydrogens is 426 g/mol. The van der Waals surface area contributed by atoms with Gasteiger partial charge in [0.25, 0.3) is 0 Å². The van der Waals surface area contributed by atoms with Crippen molar-refractivity contribution < 1.29 is 19.0 Å². The van der Waals surface area contributed by atoms with Gasteiger partial charge in [-0.1, -0.05) is 41.4 Å². The van der Waals surface area contributed by atoms with E-state index in [1.165, 1.54) is 12.1 Å². The molecule has 1 N–H and O–H groups in total. The maximum Gasteiger partial charge on any atom is 0.165 e. The molecule has 0 bridgehead atoms. The van der Waals surface area contributed by atoms with E-state index in [0.29, 0.717) is 17.9 Å². The Labute approximate surface area is 185 Å². The van der Waals surface area contributed by atoms with E-state index < -0.39 is 5.82 Å². The monoisotopic (exact) mass is 446 g/mol. The molecule has 3 rings (SSSR count). The van der Waals surface area contributed by atoms with Crippen LogP contribution in [-0.4, -0.2) is 18.3 Å². The molecule has 30 heavy (non-hydrogen) atoms. The summed E-state index contributed by atoms with van der Waals surface area (Å²) in [6, 6.07) is 15.6. The smallest absolute Gasteiger partial charge is 0.165 e. The number of benzene rings is 3. The molecule has 6 heteroatoms. The predicted octanol–water partition coefficient (Wildman–Crippen LogP) is 7.27. The lowest BCUT2D eigenvalue weighted by atomic mass is 9.94. The summed E-state index contributed by atoms with van der Waals surface area (Å²) in [6.07, 6.45) is 1.44. The molecule has 0 fully saturated rings. The Balaban J connectivity index is 1.98. The molecule has 0 aliphatic rings. The Morgan fingerprint density at radius 1 is 0.933 bits per heavy atom. The summed E-state index contributed by atoms with van der Waals surface area (Å²) in [5.41, 5.74) is 4.36. The molecule has 3 nitrogen and oxygen atoms in total. The fourth-order valence-corrected chi connectivity index (χ4v) is 3.25. The van der Waals surface area contributed by atoms with E-state index in [4.69, 9.17) is 32.7 Å². The van der Waals surface area contributed by atoms with Crippen LogP contribution >= 0.6 is 23.2 Å². The number of hydrogen-bond donors (Lipinski definition) is 1. The van der Waals surface area contributed by atoms with Crippen LogP contribution in [0.25, 0.3) is 22.3 Å². The number of phenols is 1. The van der Waals surface area contributed by atoms with Gasteiger partial charge in [-0.3, -0.25) is 0 Å². The van der Waals surface area contributed by atoms with E-state index in [1.54, 1.807) is 24.3 Å². The maximum atomic E-state index is 14.6. The zero-order valence-corrected chi connectivity index (χ0v) is 18.1. The van der Waals surface area contributed by atoms with E-state index >= 15 is 0 Å². The van der Waals surface area contributed by atoms with Crippen molar-refractivity contribution in [1.29, 1.82) is 0 Å². The van der Waals surface area contributed by atoms with Crippen LogP contribution in [0, 0.1) is 12.7 Å². The van der Waals surface area contributed by atoms with Crippen molar-refractivity contribution >= 4 is 23.2 Å². The van der Waals surface area contributed by atoms with Gasteiger partial charge in [-0.2, -0.15) is 0 Å². The Morgan fingerprint density at radius 2 is 1.63 bits per heavy atom. The Bertz CT molecular complexity index is 1060. The minimum Gasteiger partial charge on any atom is -0.508 e. The fourth-order valence-electron chi connectivity index (χ4n) is 3.12. The lowest BCUT2D eigenvalue weighted by molar-refractivity contribution is 0.341. The second-order valence-corrected chi connectivity index (χ2v) is 7.60. The third-order valence-electron chi connectivity index (χ3n) is 4.52. The molecule has 0 saturated heterocycles. The number of phenolic OH excluding ortho intramolecular Hbond substituents is 1. The summed E-state index contributed by atoms with van der Waals surface area (Å²) in [4.78, 5) is 0. The number of aromatic hydroxyl groups is 1. The lowest BCUT2D eigenvalue weighted by Crippen LogP contribution is -1.98. The number of aryl methyl sites for hydroxylation is 1.